The molecule has 0 aliphatic rings. The fourth-order valence-corrected chi connectivity index (χ4v) is 4.23. The third-order valence-electron chi connectivity index (χ3n) is 3.01. The first-order chi connectivity index (χ1) is 9.31. The van der Waals surface area contributed by atoms with Crippen LogP contribution in [0.25, 0.3) is 0 Å². The van der Waals surface area contributed by atoms with Gasteiger partial charge in [-0.1, -0.05) is 41.9 Å². The second-order valence-corrected chi connectivity index (χ2v) is 8.04. The minimum absolute atomic E-state index is 0.173. The van der Waals surface area contributed by atoms with Gasteiger partial charge in [0.05, 0.1) is 15.5 Å². The Labute approximate surface area is 129 Å². The van der Waals surface area contributed by atoms with Gasteiger partial charge in [-0.05, 0) is 36.8 Å². The molecule has 106 valence electrons. The van der Waals surface area contributed by atoms with Gasteiger partial charge >= 0.3 is 0 Å². The number of alkyl halides is 1. The van der Waals surface area contributed by atoms with Crippen LogP contribution in [0.3, 0.4) is 0 Å². The summed E-state index contributed by atoms with van der Waals surface area (Å²) in [6.07, 6.45) is 0. The maximum atomic E-state index is 12.4. The largest absolute Gasteiger partial charge is 0.224 e. The molecular weight excluding hydrogens is 315 g/mol. The molecule has 0 aliphatic carbocycles. The average molecular weight is 329 g/mol. The molecule has 0 fully saturated rings. The molecule has 0 aliphatic heterocycles. The molecular formula is C15H14Cl2O2S. The van der Waals surface area contributed by atoms with Gasteiger partial charge in [0, 0.05) is 5.02 Å². The van der Waals surface area contributed by atoms with Crippen LogP contribution in [0.15, 0.2) is 59.5 Å². The summed E-state index contributed by atoms with van der Waals surface area (Å²) in [4.78, 5) is -0.746. The smallest absolute Gasteiger partial charge is 0.180 e. The summed E-state index contributed by atoms with van der Waals surface area (Å²) in [6, 6.07) is 15.3. The van der Waals surface area contributed by atoms with Crippen LogP contribution < -0.4 is 0 Å². The van der Waals surface area contributed by atoms with Gasteiger partial charge in [-0.3, -0.25) is 0 Å². The van der Waals surface area contributed by atoms with E-state index in [-0.39, 0.29) is 10.6 Å². The fourth-order valence-electron chi connectivity index (χ4n) is 1.95. The van der Waals surface area contributed by atoms with E-state index in [0.717, 1.165) is 5.56 Å². The van der Waals surface area contributed by atoms with E-state index in [4.69, 9.17) is 23.2 Å². The number of hydrogen-bond donors (Lipinski definition) is 0. The summed E-state index contributed by atoms with van der Waals surface area (Å²) in [5.41, 5.74) is 0.777. The zero-order valence-electron chi connectivity index (χ0n) is 10.9. The number of halogens is 2. The molecule has 1 unspecified atom stereocenters. The zero-order chi connectivity index (χ0) is 14.8. The van der Waals surface area contributed by atoms with Gasteiger partial charge in [0.1, 0.15) is 0 Å². The normalized spacial score (nSPS) is 14.8. The van der Waals surface area contributed by atoms with Crippen molar-refractivity contribution in [1.82, 2.24) is 0 Å². The predicted octanol–water partition coefficient (Wildman–Crippen LogP) is 4.27. The molecule has 2 nitrogen and oxygen atoms in total. The minimum Gasteiger partial charge on any atom is -0.224 e. The molecule has 0 saturated carbocycles. The molecule has 2 aromatic carbocycles. The lowest BCUT2D eigenvalue weighted by molar-refractivity contribution is 0.585. The van der Waals surface area contributed by atoms with Crippen LogP contribution in [0, 0.1) is 0 Å². The van der Waals surface area contributed by atoms with Crippen LogP contribution >= 0.6 is 23.2 Å². The molecule has 0 bridgehead atoms. The fraction of sp³-hybridized carbons (Fsp3) is 0.200. The van der Waals surface area contributed by atoms with E-state index in [9.17, 15) is 8.42 Å². The lowest BCUT2D eigenvalue weighted by atomic mass is 10.0. The number of hydrogen-bond acceptors (Lipinski definition) is 2. The standard InChI is InChI=1S/C15H14Cl2O2S/c1-15(17,12-5-3-2-4-6-12)11-20(18,19)14-9-7-13(16)8-10-14/h2-10H,11H2,1H3. The lowest BCUT2D eigenvalue weighted by Crippen LogP contribution is -2.26. The predicted molar refractivity (Wildman–Crippen MR) is 83.2 cm³/mol. The Bertz CT molecular complexity index is 678. The van der Waals surface area contributed by atoms with Gasteiger partial charge < -0.3 is 0 Å². The van der Waals surface area contributed by atoms with Crippen molar-refractivity contribution in [1.29, 1.82) is 0 Å². The number of rotatable bonds is 4. The topological polar surface area (TPSA) is 34.1 Å². The first-order valence-corrected chi connectivity index (χ1v) is 8.45. The number of sulfone groups is 1. The second kappa shape index (κ2) is 5.76. The van der Waals surface area contributed by atoms with Crippen LogP contribution in [0.1, 0.15) is 12.5 Å². The van der Waals surface area contributed by atoms with Crippen molar-refractivity contribution in [2.75, 3.05) is 5.75 Å². The zero-order valence-corrected chi connectivity index (χ0v) is 13.2. The van der Waals surface area contributed by atoms with E-state index >= 15 is 0 Å². The molecule has 0 spiro atoms. The molecule has 1 atom stereocenters. The molecule has 20 heavy (non-hydrogen) atoms. The quantitative estimate of drug-likeness (QED) is 0.785. The van der Waals surface area contributed by atoms with Crippen molar-refractivity contribution < 1.29 is 8.42 Å². The highest BCUT2D eigenvalue weighted by atomic mass is 35.5. The molecule has 2 aromatic rings. The molecule has 0 aromatic heterocycles. The summed E-state index contributed by atoms with van der Waals surface area (Å²) in [6.45, 7) is 1.71. The molecule has 2 rings (SSSR count). The van der Waals surface area contributed by atoms with Gasteiger partial charge in [-0.25, -0.2) is 8.42 Å². The molecule has 0 radical (unpaired) electrons. The lowest BCUT2D eigenvalue weighted by Gasteiger charge is -2.22. The van der Waals surface area contributed by atoms with E-state index < -0.39 is 14.7 Å². The summed E-state index contributed by atoms with van der Waals surface area (Å²) < 4.78 is 24.8. The average Bonchev–Trinajstić information content (AvgIpc) is 2.39. The molecule has 0 saturated heterocycles. The highest BCUT2D eigenvalue weighted by Gasteiger charge is 2.31. The summed E-state index contributed by atoms with van der Waals surface area (Å²) in [5.74, 6) is -0.173. The van der Waals surface area contributed by atoms with E-state index in [2.05, 4.69) is 0 Å². The van der Waals surface area contributed by atoms with Crippen LogP contribution in [-0.2, 0) is 14.7 Å². The molecule has 0 amide bonds. The van der Waals surface area contributed by atoms with Gasteiger partial charge in [-0.15, -0.1) is 11.6 Å². The SMILES string of the molecule is CC(Cl)(CS(=O)(=O)c1ccc(Cl)cc1)c1ccccc1. The minimum atomic E-state index is -3.47. The van der Waals surface area contributed by atoms with Gasteiger partial charge in [-0.2, -0.15) is 0 Å². The first kappa shape index (κ1) is 15.4. The van der Waals surface area contributed by atoms with Gasteiger partial charge in [0.2, 0.25) is 0 Å². The van der Waals surface area contributed by atoms with Crippen molar-refractivity contribution in [2.45, 2.75) is 16.7 Å². The van der Waals surface area contributed by atoms with Crippen LogP contribution in [0.2, 0.25) is 5.02 Å². The van der Waals surface area contributed by atoms with E-state index in [1.807, 2.05) is 30.3 Å². The van der Waals surface area contributed by atoms with Crippen LogP contribution in [-0.4, -0.2) is 14.2 Å². The number of benzene rings is 2. The Hall–Kier alpha value is -1.03. The van der Waals surface area contributed by atoms with Crippen molar-refractivity contribution in [3.63, 3.8) is 0 Å². The van der Waals surface area contributed by atoms with Gasteiger partial charge in [0.15, 0.2) is 9.84 Å². The van der Waals surface area contributed by atoms with Crippen LogP contribution in [0.4, 0.5) is 0 Å². The maximum absolute atomic E-state index is 12.4. The Balaban J connectivity index is 2.30. The molecule has 0 heterocycles. The second-order valence-electron chi connectivity index (χ2n) is 4.78. The third-order valence-corrected chi connectivity index (χ3v) is 5.72. The maximum Gasteiger partial charge on any atom is 0.180 e. The molecule has 5 heteroatoms. The van der Waals surface area contributed by atoms with Crippen molar-refractivity contribution in [2.24, 2.45) is 0 Å². The van der Waals surface area contributed by atoms with Crippen molar-refractivity contribution >= 4 is 33.0 Å². The Kier molecular flexibility index (Phi) is 4.43. The van der Waals surface area contributed by atoms with Crippen molar-refractivity contribution in [3.05, 3.63) is 65.2 Å². The summed E-state index contributed by atoms with van der Waals surface area (Å²) in [7, 11) is -3.47. The van der Waals surface area contributed by atoms with Gasteiger partial charge in [0.25, 0.3) is 0 Å². The van der Waals surface area contributed by atoms with E-state index in [1.54, 1.807) is 19.1 Å². The highest BCUT2D eigenvalue weighted by Crippen LogP contribution is 2.32. The Morgan fingerprint density at radius 1 is 1.00 bits per heavy atom. The Morgan fingerprint density at radius 3 is 2.10 bits per heavy atom. The monoisotopic (exact) mass is 328 g/mol. The van der Waals surface area contributed by atoms with Crippen molar-refractivity contribution in [3.8, 4) is 0 Å². The first-order valence-electron chi connectivity index (χ1n) is 6.04. The highest BCUT2D eigenvalue weighted by molar-refractivity contribution is 7.91. The summed E-state index contributed by atoms with van der Waals surface area (Å²) in [5, 5.41) is 0.501. The van der Waals surface area contributed by atoms with E-state index in [0.29, 0.717) is 5.02 Å². The molecule has 0 N–H and O–H groups in total. The van der Waals surface area contributed by atoms with Crippen LogP contribution in [0.5, 0.6) is 0 Å². The Morgan fingerprint density at radius 2 is 1.55 bits per heavy atom. The third kappa shape index (κ3) is 3.54. The van der Waals surface area contributed by atoms with E-state index in [1.165, 1.54) is 12.1 Å². The summed E-state index contributed by atoms with van der Waals surface area (Å²) >= 11 is 12.2.